The van der Waals surface area contributed by atoms with E-state index >= 15 is 0 Å². The van der Waals surface area contributed by atoms with Crippen LogP contribution in [-0.4, -0.2) is 0 Å². The summed E-state index contributed by atoms with van der Waals surface area (Å²) in [4.78, 5) is 0. The molecular formula is C11H13FIN. The zero-order chi connectivity index (χ0) is 10.7. The van der Waals surface area contributed by atoms with E-state index < -0.39 is 0 Å². The summed E-state index contributed by atoms with van der Waals surface area (Å²) in [6.07, 6.45) is 0.622. The fourth-order valence-electron chi connectivity index (χ4n) is 1.28. The lowest BCUT2D eigenvalue weighted by Gasteiger charge is -2.13. The van der Waals surface area contributed by atoms with E-state index in [0.29, 0.717) is 12.0 Å². The van der Waals surface area contributed by atoms with E-state index in [9.17, 15) is 4.39 Å². The van der Waals surface area contributed by atoms with Gasteiger partial charge in [-0.3, -0.25) is 0 Å². The van der Waals surface area contributed by atoms with Gasteiger partial charge in [-0.05, 0) is 54.1 Å². The first kappa shape index (κ1) is 11.7. The zero-order valence-corrected chi connectivity index (χ0v) is 10.2. The van der Waals surface area contributed by atoms with E-state index in [1.807, 2.05) is 6.92 Å². The smallest absolute Gasteiger partial charge is 0.128 e. The van der Waals surface area contributed by atoms with Crippen LogP contribution in [-0.2, 0) is 0 Å². The molecule has 0 radical (unpaired) electrons. The average molecular weight is 305 g/mol. The van der Waals surface area contributed by atoms with Crippen LogP contribution < -0.4 is 5.73 Å². The number of rotatable bonds is 3. The van der Waals surface area contributed by atoms with E-state index in [1.165, 1.54) is 6.07 Å². The Morgan fingerprint density at radius 1 is 1.64 bits per heavy atom. The predicted octanol–water partition coefficient (Wildman–Crippen LogP) is 3.40. The van der Waals surface area contributed by atoms with Crippen molar-refractivity contribution in [2.75, 3.05) is 0 Å². The molecule has 0 saturated carbocycles. The lowest BCUT2D eigenvalue weighted by Crippen LogP contribution is -2.12. The first-order valence-corrected chi connectivity index (χ1v) is 5.43. The van der Waals surface area contributed by atoms with Crippen molar-refractivity contribution in [2.24, 2.45) is 5.73 Å². The molecule has 0 heterocycles. The van der Waals surface area contributed by atoms with Crippen molar-refractivity contribution >= 4 is 22.6 Å². The topological polar surface area (TPSA) is 26.0 Å². The van der Waals surface area contributed by atoms with Crippen LogP contribution in [0.15, 0.2) is 30.4 Å². The molecule has 76 valence electrons. The molecule has 0 aliphatic heterocycles. The summed E-state index contributed by atoms with van der Waals surface area (Å²) in [7, 11) is 0. The highest BCUT2D eigenvalue weighted by molar-refractivity contribution is 14.1. The number of nitrogens with two attached hydrogens (primary N) is 1. The van der Waals surface area contributed by atoms with Crippen LogP contribution in [0.3, 0.4) is 0 Å². The number of hydrogen-bond donors (Lipinski definition) is 1. The van der Waals surface area contributed by atoms with Gasteiger partial charge in [0, 0.05) is 15.2 Å². The zero-order valence-electron chi connectivity index (χ0n) is 8.06. The van der Waals surface area contributed by atoms with Gasteiger partial charge in [0.25, 0.3) is 0 Å². The van der Waals surface area contributed by atoms with Crippen LogP contribution in [0.2, 0.25) is 0 Å². The highest BCUT2D eigenvalue weighted by Crippen LogP contribution is 2.22. The van der Waals surface area contributed by atoms with E-state index in [2.05, 4.69) is 29.2 Å². The molecule has 1 aromatic carbocycles. The monoisotopic (exact) mass is 305 g/mol. The maximum atomic E-state index is 13.4. The molecule has 0 aliphatic rings. The minimum atomic E-state index is -0.290. The lowest BCUT2D eigenvalue weighted by molar-refractivity contribution is 0.579. The SMILES string of the molecule is C=C(C)C[C@H](N)c1cc(I)ccc1F. The molecule has 2 N–H and O–H groups in total. The Hall–Kier alpha value is -0.420. The molecule has 1 nitrogen and oxygen atoms in total. The van der Waals surface area contributed by atoms with E-state index in [0.717, 1.165) is 9.14 Å². The van der Waals surface area contributed by atoms with Gasteiger partial charge in [-0.25, -0.2) is 4.39 Å². The van der Waals surface area contributed by atoms with Crippen LogP contribution in [0.25, 0.3) is 0 Å². The van der Waals surface area contributed by atoms with Gasteiger partial charge in [0.1, 0.15) is 5.82 Å². The van der Waals surface area contributed by atoms with Crippen molar-refractivity contribution in [1.82, 2.24) is 0 Å². The van der Waals surface area contributed by atoms with Gasteiger partial charge < -0.3 is 5.73 Å². The highest BCUT2D eigenvalue weighted by atomic mass is 127. The minimum Gasteiger partial charge on any atom is -0.324 e. The van der Waals surface area contributed by atoms with Gasteiger partial charge in [-0.2, -0.15) is 0 Å². The van der Waals surface area contributed by atoms with Crippen LogP contribution in [0, 0.1) is 9.39 Å². The second-order valence-corrected chi connectivity index (χ2v) is 4.68. The summed E-state index contributed by atoms with van der Waals surface area (Å²) >= 11 is 2.14. The van der Waals surface area contributed by atoms with Crippen molar-refractivity contribution in [3.8, 4) is 0 Å². The molecule has 0 saturated heterocycles. The van der Waals surface area contributed by atoms with Crippen LogP contribution >= 0.6 is 22.6 Å². The third-order valence-corrected chi connectivity index (χ3v) is 2.60. The first-order chi connectivity index (χ1) is 6.50. The molecule has 0 aliphatic carbocycles. The van der Waals surface area contributed by atoms with E-state index in [1.54, 1.807) is 12.1 Å². The minimum absolute atomic E-state index is 0.237. The van der Waals surface area contributed by atoms with Gasteiger partial charge in [-0.1, -0.05) is 5.57 Å². The van der Waals surface area contributed by atoms with E-state index in [4.69, 9.17) is 5.73 Å². The normalized spacial score (nSPS) is 12.6. The Kier molecular flexibility index (Phi) is 4.07. The molecule has 1 rings (SSSR count). The van der Waals surface area contributed by atoms with Gasteiger partial charge in [0.15, 0.2) is 0 Å². The van der Waals surface area contributed by atoms with Crippen molar-refractivity contribution in [3.63, 3.8) is 0 Å². The molecule has 1 aromatic rings. The van der Waals surface area contributed by atoms with Gasteiger partial charge in [0.05, 0.1) is 0 Å². The Labute approximate surface area is 97.3 Å². The predicted molar refractivity (Wildman–Crippen MR) is 65.5 cm³/mol. The van der Waals surface area contributed by atoms with Gasteiger partial charge in [0.2, 0.25) is 0 Å². The molecule has 0 amide bonds. The van der Waals surface area contributed by atoms with E-state index in [-0.39, 0.29) is 11.9 Å². The number of benzene rings is 1. The summed E-state index contributed by atoms with van der Waals surface area (Å²) in [5.74, 6) is -0.237. The fourth-order valence-corrected chi connectivity index (χ4v) is 1.80. The molecule has 3 heteroatoms. The number of hydrogen-bond acceptors (Lipinski definition) is 1. The molecule has 0 spiro atoms. The summed E-state index contributed by atoms with van der Waals surface area (Å²) in [5, 5.41) is 0. The second kappa shape index (κ2) is 4.89. The molecule has 0 aromatic heterocycles. The van der Waals surface area contributed by atoms with Gasteiger partial charge >= 0.3 is 0 Å². The molecule has 1 atom stereocenters. The van der Waals surface area contributed by atoms with Gasteiger partial charge in [-0.15, -0.1) is 6.58 Å². The quantitative estimate of drug-likeness (QED) is 0.672. The standard InChI is InChI=1S/C11H13FIN/c1-7(2)5-11(14)9-6-8(13)3-4-10(9)12/h3-4,6,11H,1,5,14H2,2H3/t11-/m0/s1. The summed E-state index contributed by atoms with van der Waals surface area (Å²) in [6.45, 7) is 5.66. The van der Waals surface area contributed by atoms with Crippen molar-refractivity contribution < 1.29 is 4.39 Å². The highest BCUT2D eigenvalue weighted by Gasteiger charge is 2.11. The van der Waals surface area contributed by atoms with Crippen molar-refractivity contribution in [2.45, 2.75) is 19.4 Å². The summed E-state index contributed by atoms with van der Waals surface area (Å²) in [6, 6.07) is 4.67. The molecular weight excluding hydrogens is 292 g/mol. The van der Waals surface area contributed by atoms with Crippen LogP contribution in [0.4, 0.5) is 4.39 Å². The Morgan fingerprint density at radius 2 is 2.29 bits per heavy atom. The molecule has 0 bridgehead atoms. The second-order valence-electron chi connectivity index (χ2n) is 3.43. The number of halogens is 2. The molecule has 0 unspecified atom stereocenters. The summed E-state index contributed by atoms with van der Waals surface area (Å²) < 4.78 is 14.4. The first-order valence-electron chi connectivity index (χ1n) is 4.35. The fraction of sp³-hybridized carbons (Fsp3) is 0.273. The van der Waals surface area contributed by atoms with Crippen molar-refractivity contribution in [1.29, 1.82) is 0 Å². The van der Waals surface area contributed by atoms with Crippen LogP contribution in [0.1, 0.15) is 24.9 Å². The lowest BCUT2D eigenvalue weighted by atomic mass is 10.0. The van der Waals surface area contributed by atoms with Crippen LogP contribution in [0.5, 0.6) is 0 Å². The average Bonchev–Trinajstić information content (AvgIpc) is 2.08. The van der Waals surface area contributed by atoms with Crippen molar-refractivity contribution in [3.05, 3.63) is 45.3 Å². The largest absolute Gasteiger partial charge is 0.324 e. The Morgan fingerprint density at radius 3 is 2.86 bits per heavy atom. The third-order valence-electron chi connectivity index (χ3n) is 1.93. The maximum Gasteiger partial charge on any atom is 0.128 e. The maximum absolute atomic E-state index is 13.4. The molecule has 14 heavy (non-hydrogen) atoms. The Balaban J connectivity index is 2.93. The third kappa shape index (κ3) is 3.06. The Bertz CT molecular complexity index is 349. The summed E-state index contributed by atoms with van der Waals surface area (Å²) in [5.41, 5.74) is 7.40. The molecule has 0 fully saturated rings.